The van der Waals surface area contributed by atoms with Crippen LogP contribution in [0, 0.1) is 5.92 Å². The van der Waals surface area contributed by atoms with Crippen molar-refractivity contribution in [1.82, 2.24) is 9.80 Å². The molecule has 0 bridgehead atoms. The molecule has 1 saturated heterocycles. The summed E-state index contributed by atoms with van der Waals surface area (Å²) in [6.07, 6.45) is 2.05. The van der Waals surface area contributed by atoms with E-state index in [1.165, 1.54) is 18.9 Å². The zero-order valence-corrected chi connectivity index (χ0v) is 23.8. The molecule has 0 aromatic heterocycles. The van der Waals surface area contributed by atoms with Crippen LogP contribution in [0.3, 0.4) is 0 Å². The first-order valence-electron chi connectivity index (χ1n) is 13.1. The largest absolute Gasteiger partial charge is 0.497 e. The van der Waals surface area contributed by atoms with Crippen LogP contribution in [-0.4, -0.2) is 73.8 Å². The van der Waals surface area contributed by atoms with Crippen molar-refractivity contribution in [1.29, 1.82) is 0 Å². The SMILES string of the molecule is CCOC(=O)[C@H]1CCCN(C(=O)CC2=CSC3=NC(CC)=C(C(=O)OC)[C@@H](c4ccc(OC)cc4OC)N23)C1. The van der Waals surface area contributed by atoms with Gasteiger partial charge in [-0.2, -0.15) is 0 Å². The molecule has 3 heterocycles. The number of carbonyl (C=O) groups excluding carboxylic acids is 3. The van der Waals surface area contributed by atoms with Crippen molar-refractivity contribution in [3.05, 3.63) is 46.1 Å². The second-order valence-electron chi connectivity index (χ2n) is 9.32. The predicted octanol–water partition coefficient (Wildman–Crippen LogP) is 4.03. The fourth-order valence-electron chi connectivity index (χ4n) is 5.17. The van der Waals surface area contributed by atoms with E-state index in [9.17, 15) is 14.4 Å². The molecular formula is C28H35N3O7S. The Morgan fingerprint density at radius 3 is 2.59 bits per heavy atom. The van der Waals surface area contributed by atoms with Gasteiger partial charge < -0.3 is 28.7 Å². The van der Waals surface area contributed by atoms with Crippen molar-refractivity contribution < 1.29 is 33.3 Å². The fraction of sp³-hybridized carbons (Fsp3) is 0.500. The van der Waals surface area contributed by atoms with E-state index >= 15 is 0 Å². The van der Waals surface area contributed by atoms with E-state index in [0.29, 0.717) is 66.2 Å². The lowest BCUT2D eigenvalue weighted by atomic mass is 9.92. The number of carbonyl (C=O) groups is 3. The number of piperidine rings is 1. The van der Waals surface area contributed by atoms with Crippen LogP contribution < -0.4 is 9.47 Å². The molecule has 0 unspecified atom stereocenters. The third-order valence-corrected chi connectivity index (χ3v) is 7.98. The third-order valence-electron chi connectivity index (χ3n) is 7.09. The standard InChI is InChI=1S/C28H35N3O7S/c1-6-21-24(27(34)37-5)25(20-11-10-19(35-3)14-22(20)36-4)31-18(16-39-28(31)29-21)13-23(32)30-12-8-9-17(15-30)26(33)38-7-2/h10-11,14,16-17,25H,6-9,12-13,15H2,1-5H3/t17-,25+/m0/s1. The van der Waals surface area contributed by atoms with Crippen LogP contribution in [0.15, 0.2) is 45.6 Å². The van der Waals surface area contributed by atoms with E-state index in [2.05, 4.69) is 0 Å². The van der Waals surface area contributed by atoms with Gasteiger partial charge in [-0.05, 0) is 43.7 Å². The van der Waals surface area contributed by atoms with Crippen LogP contribution in [-0.2, 0) is 23.9 Å². The summed E-state index contributed by atoms with van der Waals surface area (Å²) in [4.78, 5) is 47.4. The van der Waals surface area contributed by atoms with E-state index in [-0.39, 0.29) is 24.2 Å². The maximum Gasteiger partial charge on any atom is 0.338 e. The zero-order chi connectivity index (χ0) is 28.1. The summed E-state index contributed by atoms with van der Waals surface area (Å²) in [7, 11) is 4.48. The minimum atomic E-state index is -0.622. The van der Waals surface area contributed by atoms with Crippen molar-refractivity contribution >= 4 is 34.8 Å². The molecule has 0 aliphatic carbocycles. The maximum absolute atomic E-state index is 13.5. The highest BCUT2D eigenvalue weighted by Gasteiger charge is 2.43. The van der Waals surface area contributed by atoms with E-state index in [1.807, 2.05) is 29.4 Å². The Kier molecular flexibility index (Phi) is 9.21. The van der Waals surface area contributed by atoms with Crippen LogP contribution in [0.4, 0.5) is 0 Å². The highest BCUT2D eigenvalue weighted by Crippen LogP contribution is 2.48. The summed E-state index contributed by atoms with van der Waals surface area (Å²) in [5, 5.41) is 2.58. The number of amidine groups is 1. The van der Waals surface area contributed by atoms with Gasteiger partial charge in [-0.3, -0.25) is 9.59 Å². The highest BCUT2D eigenvalue weighted by molar-refractivity contribution is 8.16. The molecule has 4 rings (SSSR count). The molecule has 1 aromatic carbocycles. The number of hydrogen-bond acceptors (Lipinski definition) is 10. The lowest BCUT2D eigenvalue weighted by molar-refractivity contribution is -0.151. The van der Waals surface area contributed by atoms with Crippen LogP contribution in [0.5, 0.6) is 11.5 Å². The summed E-state index contributed by atoms with van der Waals surface area (Å²) in [6.45, 7) is 4.95. The van der Waals surface area contributed by atoms with Crippen molar-refractivity contribution in [3.63, 3.8) is 0 Å². The van der Waals surface area contributed by atoms with E-state index in [4.69, 9.17) is 23.9 Å². The summed E-state index contributed by atoms with van der Waals surface area (Å²) in [5.41, 5.74) is 2.45. The first-order chi connectivity index (χ1) is 18.9. The topological polar surface area (TPSA) is 107 Å². The Hall–Kier alpha value is -3.47. The maximum atomic E-state index is 13.5. The molecule has 3 aliphatic heterocycles. The molecular weight excluding hydrogens is 522 g/mol. The average molecular weight is 558 g/mol. The van der Waals surface area contributed by atoms with Gasteiger partial charge in [0.25, 0.3) is 0 Å². The van der Waals surface area contributed by atoms with Crippen molar-refractivity contribution in [2.24, 2.45) is 10.9 Å². The van der Waals surface area contributed by atoms with Crippen LogP contribution in [0.1, 0.15) is 51.1 Å². The summed E-state index contributed by atoms with van der Waals surface area (Å²) in [6, 6.07) is 4.81. The van der Waals surface area contributed by atoms with Gasteiger partial charge in [0.05, 0.1) is 57.6 Å². The van der Waals surface area contributed by atoms with E-state index < -0.39 is 12.0 Å². The van der Waals surface area contributed by atoms with Crippen molar-refractivity contribution in [3.8, 4) is 11.5 Å². The van der Waals surface area contributed by atoms with Gasteiger partial charge in [-0.15, -0.1) is 0 Å². The number of fused-ring (bicyclic) bond motifs is 1. The summed E-state index contributed by atoms with van der Waals surface area (Å²) in [5.74, 6) is -0.0199. The number of nitrogens with zero attached hydrogens (tertiary/aromatic N) is 3. The summed E-state index contributed by atoms with van der Waals surface area (Å²) >= 11 is 1.41. The monoisotopic (exact) mass is 557 g/mol. The molecule has 0 saturated carbocycles. The first-order valence-corrected chi connectivity index (χ1v) is 14.0. The molecule has 10 nitrogen and oxygen atoms in total. The molecule has 39 heavy (non-hydrogen) atoms. The predicted molar refractivity (Wildman–Crippen MR) is 147 cm³/mol. The first kappa shape index (κ1) is 28.5. The van der Waals surface area contributed by atoms with E-state index in [0.717, 1.165) is 12.0 Å². The van der Waals surface area contributed by atoms with Gasteiger partial charge in [0.15, 0.2) is 5.17 Å². The molecule has 11 heteroatoms. The minimum Gasteiger partial charge on any atom is -0.497 e. The van der Waals surface area contributed by atoms with Gasteiger partial charge in [0, 0.05) is 30.4 Å². The lowest BCUT2D eigenvalue weighted by Crippen LogP contribution is -2.44. The molecule has 2 atom stereocenters. The third kappa shape index (κ3) is 5.78. The Morgan fingerprint density at radius 1 is 1.13 bits per heavy atom. The van der Waals surface area contributed by atoms with Gasteiger partial charge in [0.2, 0.25) is 5.91 Å². The molecule has 210 valence electrons. The van der Waals surface area contributed by atoms with Gasteiger partial charge in [-0.25, -0.2) is 9.79 Å². The number of methoxy groups -OCH3 is 3. The Labute approximate surface area is 233 Å². The number of likely N-dealkylation sites (tertiary alicyclic amines) is 1. The normalized spacial score (nSPS) is 20.6. The quantitative estimate of drug-likeness (QED) is 0.416. The molecule has 0 N–H and O–H groups in total. The second kappa shape index (κ2) is 12.6. The number of allylic oxidation sites excluding steroid dienone is 1. The average Bonchev–Trinajstić information content (AvgIpc) is 3.37. The molecule has 1 amide bonds. The van der Waals surface area contributed by atoms with Crippen LogP contribution in [0.2, 0.25) is 0 Å². The van der Waals surface area contributed by atoms with Crippen molar-refractivity contribution in [2.45, 2.75) is 45.6 Å². The number of ether oxygens (including phenoxy) is 4. The highest BCUT2D eigenvalue weighted by atomic mass is 32.2. The number of amides is 1. The number of benzene rings is 1. The smallest absolute Gasteiger partial charge is 0.338 e. The minimum absolute atomic E-state index is 0.0897. The van der Waals surface area contributed by atoms with Gasteiger partial charge in [0.1, 0.15) is 11.5 Å². The van der Waals surface area contributed by atoms with Gasteiger partial charge >= 0.3 is 11.9 Å². The molecule has 1 aromatic rings. The number of thioether (sulfide) groups is 1. The molecule has 3 aliphatic rings. The zero-order valence-electron chi connectivity index (χ0n) is 23.0. The molecule has 1 fully saturated rings. The number of rotatable bonds is 9. The Balaban J connectivity index is 1.68. The number of hydrogen-bond donors (Lipinski definition) is 0. The Bertz CT molecular complexity index is 1230. The van der Waals surface area contributed by atoms with Crippen molar-refractivity contribution in [2.75, 3.05) is 41.0 Å². The van der Waals surface area contributed by atoms with Crippen LogP contribution in [0.25, 0.3) is 0 Å². The van der Waals surface area contributed by atoms with Gasteiger partial charge in [-0.1, -0.05) is 18.7 Å². The molecule has 0 spiro atoms. The fourth-order valence-corrected chi connectivity index (χ4v) is 6.11. The second-order valence-corrected chi connectivity index (χ2v) is 10.2. The lowest BCUT2D eigenvalue weighted by Gasteiger charge is -2.38. The summed E-state index contributed by atoms with van der Waals surface area (Å²) < 4.78 is 21.5. The van der Waals surface area contributed by atoms with Crippen LogP contribution >= 0.6 is 11.8 Å². The number of esters is 2. The molecule has 0 radical (unpaired) electrons. The Morgan fingerprint density at radius 2 is 1.92 bits per heavy atom. The van der Waals surface area contributed by atoms with E-state index in [1.54, 1.807) is 32.1 Å². The number of aliphatic imine (C=N–C) groups is 1.